The largest absolute Gasteiger partial charge is 0.394 e. The van der Waals surface area contributed by atoms with E-state index >= 15 is 0 Å². The fraction of sp³-hybridized carbons (Fsp3) is 0.526. The summed E-state index contributed by atoms with van der Waals surface area (Å²) in [4.78, 5) is 4.56. The van der Waals surface area contributed by atoms with Gasteiger partial charge in [-0.25, -0.2) is 4.68 Å². The summed E-state index contributed by atoms with van der Waals surface area (Å²) in [6.45, 7) is 0.856. The van der Waals surface area contributed by atoms with E-state index in [0.717, 1.165) is 19.4 Å². The molecule has 1 saturated heterocycles. The van der Waals surface area contributed by atoms with Gasteiger partial charge in [0.05, 0.1) is 6.61 Å². The van der Waals surface area contributed by atoms with Crippen LogP contribution in [0.3, 0.4) is 0 Å². The van der Waals surface area contributed by atoms with Crippen LogP contribution in [0.2, 0.25) is 5.02 Å². The first-order valence-electron chi connectivity index (χ1n) is 9.81. The summed E-state index contributed by atoms with van der Waals surface area (Å²) < 4.78 is 7.04. The van der Waals surface area contributed by atoms with Crippen molar-refractivity contribution in [2.75, 3.05) is 19.7 Å². The van der Waals surface area contributed by atoms with Crippen molar-refractivity contribution in [1.29, 1.82) is 0 Å². The SMILES string of the molecule is OC[C@H]1O[C@@H](n2nnc(C3=NCCCCN3)c2-c2ccc(Cl)cc2)[C@H](O)[C@@H](O)[C@@H]1O. The minimum Gasteiger partial charge on any atom is -0.394 e. The van der Waals surface area contributed by atoms with Gasteiger partial charge in [0.25, 0.3) is 0 Å². The molecule has 162 valence electrons. The van der Waals surface area contributed by atoms with Crippen molar-refractivity contribution < 1.29 is 25.2 Å². The topological polar surface area (TPSA) is 145 Å². The van der Waals surface area contributed by atoms with E-state index in [0.29, 0.717) is 34.4 Å². The lowest BCUT2D eigenvalue weighted by Crippen LogP contribution is -2.56. The van der Waals surface area contributed by atoms with Gasteiger partial charge in [-0.15, -0.1) is 5.10 Å². The first kappa shape index (κ1) is 21.2. The van der Waals surface area contributed by atoms with Gasteiger partial charge in [0.1, 0.15) is 30.1 Å². The molecule has 11 heteroatoms. The van der Waals surface area contributed by atoms with Gasteiger partial charge in [-0.1, -0.05) is 28.9 Å². The van der Waals surface area contributed by atoms with Crippen LogP contribution in [0.4, 0.5) is 0 Å². The minimum absolute atomic E-state index is 0.469. The average Bonchev–Trinajstić information content (AvgIpc) is 3.00. The van der Waals surface area contributed by atoms with Gasteiger partial charge in [0.2, 0.25) is 0 Å². The van der Waals surface area contributed by atoms with Crippen LogP contribution in [-0.2, 0) is 4.74 Å². The number of rotatable bonds is 4. The Labute approximate surface area is 177 Å². The number of benzene rings is 1. The zero-order valence-electron chi connectivity index (χ0n) is 16.1. The molecule has 1 aromatic heterocycles. The zero-order valence-corrected chi connectivity index (χ0v) is 16.9. The lowest BCUT2D eigenvalue weighted by Gasteiger charge is -2.40. The summed E-state index contributed by atoms with van der Waals surface area (Å²) in [6.07, 6.45) is -4.80. The molecular weight excluding hydrogens is 414 g/mol. The van der Waals surface area contributed by atoms with E-state index in [1.165, 1.54) is 4.68 Å². The van der Waals surface area contributed by atoms with E-state index in [2.05, 4.69) is 20.6 Å². The number of ether oxygens (including phenoxy) is 1. The van der Waals surface area contributed by atoms with Gasteiger partial charge in [0.15, 0.2) is 17.8 Å². The summed E-state index contributed by atoms with van der Waals surface area (Å²) in [6, 6.07) is 6.99. The maximum Gasteiger partial charge on any atom is 0.181 e. The number of hydrogen-bond donors (Lipinski definition) is 5. The fourth-order valence-corrected chi connectivity index (χ4v) is 3.77. The molecule has 5 atom stereocenters. The molecule has 0 saturated carbocycles. The second-order valence-corrected chi connectivity index (χ2v) is 7.76. The lowest BCUT2D eigenvalue weighted by molar-refractivity contribution is -0.253. The normalized spacial score (nSPS) is 29.8. The third-order valence-corrected chi connectivity index (χ3v) is 5.54. The van der Waals surface area contributed by atoms with Crippen molar-refractivity contribution in [3.05, 3.63) is 35.0 Å². The van der Waals surface area contributed by atoms with E-state index in [1.807, 2.05) is 0 Å². The summed E-state index contributed by atoms with van der Waals surface area (Å²) in [5.41, 5.74) is 1.67. The van der Waals surface area contributed by atoms with Crippen molar-refractivity contribution in [2.45, 2.75) is 43.5 Å². The molecule has 0 unspecified atom stereocenters. The predicted octanol–water partition coefficient (Wildman–Crippen LogP) is -0.299. The van der Waals surface area contributed by atoms with E-state index in [1.54, 1.807) is 24.3 Å². The van der Waals surface area contributed by atoms with Crippen LogP contribution >= 0.6 is 11.6 Å². The van der Waals surface area contributed by atoms with Crippen molar-refractivity contribution in [1.82, 2.24) is 20.3 Å². The molecule has 10 nitrogen and oxygen atoms in total. The Balaban J connectivity index is 1.81. The monoisotopic (exact) mass is 437 g/mol. The number of nitrogens with zero attached hydrogens (tertiary/aromatic N) is 4. The molecule has 1 fully saturated rings. The Kier molecular flexibility index (Phi) is 6.32. The Bertz CT molecular complexity index is 903. The zero-order chi connectivity index (χ0) is 21.3. The molecule has 5 N–H and O–H groups in total. The fourth-order valence-electron chi connectivity index (χ4n) is 3.64. The highest BCUT2D eigenvalue weighted by atomic mass is 35.5. The van der Waals surface area contributed by atoms with Gasteiger partial charge in [-0.2, -0.15) is 0 Å². The average molecular weight is 438 g/mol. The summed E-state index contributed by atoms with van der Waals surface area (Å²) in [7, 11) is 0. The van der Waals surface area contributed by atoms with Crippen molar-refractivity contribution in [3.8, 4) is 11.3 Å². The van der Waals surface area contributed by atoms with Gasteiger partial charge in [-0.05, 0) is 25.0 Å². The molecule has 3 heterocycles. The van der Waals surface area contributed by atoms with Crippen LogP contribution in [0.15, 0.2) is 29.3 Å². The summed E-state index contributed by atoms with van der Waals surface area (Å²) >= 11 is 6.04. The number of halogens is 1. The standard InChI is InChI=1S/C19H24ClN5O5/c20-11-5-3-10(4-6-11)14-13(18-21-7-1-2-8-22-18)23-24-25(14)19-17(29)16(28)15(27)12(9-26)30-19/h3-6,12,15-17,19,26-29H,1-2,7-9H2,(H,21,22)/t12-,15-,16+,17-,19-/m1/s1. The van der Waals surface area contributed by atoms with Crippen molar-refractivity contribution >= 4 is 17.4 Å². The highest BCUT2D eigenvalue weighted by Crippen LogP contribution is 2.33. The van der Waals surface area contributed by atoms with Crippen LogP contribution in [0, 0.1) is 0 Å². The van der Waals surface area contributed by atoms with Crippen LogP contribution < -0.4 is 5.32 Å². The molecule has 1 aromatic carbocycles. The molecule has 0 spiro atoms. The quantitative estimate of drug-likeness (QED) is 0.438. The number of amidine groups is 1. The highest BCUT2D eigenvalue weighted by Gasteiger charge is 2.45. The molecule has 4 rings (SSSR count). The van der Waals surface area contributed by atoms with Gasteiger partial charge < -0.3 is 30.5 Å². The second-order valence-electron chi connectivity index (χ2n) is 7.32. The Hall–Kier alpha value is -2.08. The summed E-state index contributed by atoms with van der Waals surface area (Å²) in [5.74, 6) is 0.577. The number of nitrogens with one attached hydrogen (secondary N) is 1. The number of aliphatic imine (C=N–C) groups is 1. The molecule has 0 aliphatic carbocycles. The molecule has 30 heavy (non-hydrogen) atoms. The molecular formula is C19H24ClN5O5. The van der Waals surface area contributed by atoms with Crippen molar-refractivity contribution in [3.63, 3.8) is 0 Å². The maximum absolute atomic E-state index is 10.6. The minimum atomic E-state index is -1.53. The molecule has 2 aliphatic heterocycles. The molecule has 2 aromatic rings. The summed E-state index contributed by atoms with van der Waals surface area (Å²) in [5, 5.41) is 52.7. The smallest absolute Gasteiger partial charge is 0.181 e. The van der Waals surface area contributed by atoms with Crippen LogP contribution in [-0.4, -0.2) is 85.4 Å². The number of aromatic nitrogens is 3. The maximum atomic E-state index is 10.6. The van der Waals surface area contributed by atoms with E-state index < -0.39 is 37.3 Å². The Morgan fingerprint density at radius 1 is 1.10 bits per heavy atom. The van der Waals surface area contributed by atoms with Crippen LogP contribution in [0.5, 0.6) is 0 Å². The van der Waals surface area contributed by atoms with E-state index in [4.69, 9.17) is 16.3 Å². The third-order valence-electron chi connectivity index (χ3n) is 5.29. The van der Waals surface area contributed by atoms with E-state index in [-0.39, 0.29) is 0 Å². The van der Waals surface area contributed by atoms with Crippen LogP contribution in [0.1, 0.15) is 24.8 Å². The van der Waals surface area contributed by atoms with Crippen LogP contribution in [0.25, 0.3) is 11.3 Å². The highest BCUT2D eigenvalue weighted by molar-refractivity contribution is 6.30. The second kappa shape index (κ2) is 8.96. The number of hydrogen-bond acceptors (Lipinski definition) is 9. The molecule has 0 radical (unpaired) electrons. The van der Waals surface area contributed by atoms with Gasteiger partial charge >= 0.3 is 0 Å². The Morgan fingerprint density at radius 2 is 1.87 bits per heavy atom. The number of aliphatic hydroxyl groups is 4. The molecule has 0 bridgehead atoms. The van der Waals surface area contributed by atoms with Crippen molar-refractivity contribution in [2.24, 2.45) is 4.99 Å². The molecule has 0 amide bonds. The number of aliphatic hydroxyl groups excluding tert-OH is 4. The lowest BCUT2D eigenvalue weighted by atomic mass is 9.98. The van der Waals surface area contributed by atoms with Gasteiger partial charge in [0, 0.05) is 23.7 Å². The first-order chi connectivity index (χ1) is 14.5. The van der Waals surface area contributed by atoms with E-state index in [9.17, 15) is 20.4 Å². The predicted molar refractivity (Wildman–Crippen MR) is 108 cm³/mol. The van der Waals surface area contributed by atoms with Gasteiger partial charge in [-0.3, -0.25) is 4.99 Å². The molecule has 2 aliphatic rings. The first-order valence-corrected chi connectivity index (χ1v) is 10.2. The Morgan fingerprint density at radius 3 is 2.60 bits per heavy atom. The third kappa shape index (κ3) is 3.94.